The normalized spacial score (nSPS) is 14.9. The zero-order valence-corrected chi connectivity index (χ0v) is 18.8. The third-order valence-corrected chi connectivity index (χ3v) is 4.73. The van der Waals surface area contributed by atoms with Crippen LogP contribution in [0.15, 0.2) is 30.3 Å². The molecule has 0 aromatic heterocycles. The molecule has 10 N–H and O–H groups in total. The summed E-state index contributed by atoms with van der Waals surface area (Å²) < 4.78 is 0. The number of carboxylic acids is 2. The van der Waals surface area contributed by atoms with E-state index >= 15 is 0 Å². The monoisotopic (exact) mass is 495 g/mol. The highest BCUT2D eigenvalue weighted by Gasteiger charge is 2.33. The van der Waals surface area contributed by atoms with Crippen molar-refractivity contribution < 1.29 is 44.1 Å². The molecule has 192 valence electrons. The molecule has 0 aliphatic rings. The van der Waals surface area contributed by atoms with Crippen molar-refractivity contribution >= 4 is 35.6 Å². The van der Waals surface area contributed by atoms with Gasteiger partial charge in [-0.2, -0.15) is 0 Å². The second-order valence-corrected chi connectivity index (χ2v) is 7.75. The Morgan fingerprint density at radius 3 is 1.91 bits per heavy atom. The van der Waals surface area contributed by atoms with Crippen LogP contribution in [-0.4, -0.2) is 81.2 Å². The number of aliphatic hydroxyl groups is 1. The number of amides is 4. The predicted octanol–water partition coefficient (Wildman–Crippen LogP) is -3.17. The Labute approximate surface area is 200 Å². The summed E-state index contributed by atoms with van der Waals surface area (Å²) in [5.74, 6) is -6.92. The molecule has 35 heavy (non-hydrogen) atoms. The van der Waals surface area contributed by atoms with E-state index in [1.54, 1.807) is 30.3 Å². The largest absolute Gasteiger partial charge is 0.481 e. The summed E-state index contributed by atoms with van der Waals surface area (Å²) in [5, 5.41) is 34.5. The van der Waals surface area contributed by atoms with Crippen molar-refractivity contribution in [1.82, 2.24) is 16.0 Å². The molecule has 0 fully saturated rings. The van der Waals surface area contributed by atoms with Gasteiger partial charge in [0, 0.05) is 6.42 Å². The minimum absolute atomic E-state index is 0.0629. The number of aliphatic hydroxyl groups excluding tert-OH is 1. The van der Waals surface area contributed by atoms with Crippen molar-refractivity contribution in [2.45, 2.75) is 56.5 Å². The highest BCUT2D eigenvalue weighted by molar-refractivity contribution is 5.95. The SMILES string of the molecule is CC(O)C(NC(=O)C(Cc1ccccc1)NC(=O)C(N)CC(N)=O)C(=O)NC(CC(=O)O)C(=O)O. The van der Waals surface area contributed by atoms with E-state index in [1.165, 1.54) is 0 Å². The molecule has 4 amide bonds. The van der Waals surface area contributed by atoms with Gasteiger partial charge in [-0.25, -0.2) is 4.79 Å². The molecule has 0 radical (unpaired) electrons. The van der Waals surface area contributed by atoms with Crippen LogP contribution in [0, 0.1) is 0 Å². The minimum Gasteiger partial charge on any atom is -0.481 e. The first kappa shape index (κ1) is 29.0. The van der Waals surface area contributed by atoms with E-state index in [4.69, 9.17) is 21.7 Å². The Hall–Kier alpha value is -4.04. The molecular formula is C21H29N5O9. The third kappa shape index (κ3) is 10.2. The van der Waals surface area contributed by atoms with Crippen LogP contribution in [0.1, 0.15) is 25.3 Å². The summed E-state index contributed by atoms with van der Waals surface area (Å²) in [4.78, 5) is 71.1. The van der Waals surface area contributed by atoms with Gasteiger partial charge in [0.15, 0.2) is 0 Å². The zero-order chi connectivity index (χ0) is 26.7. The first-order valence-corrected chi connectivity index (χ1v) is 10.4. The van der Waals surface area contributed by atoms with Crippen LogP contribution in [-0.2, 0) is 35.2 Å². The van der Waals surface area contributed by atoms with Gasteiger partial charge in [0.25, 0.3) is 0 Å². The molecule has 0 saturated heterocycles. The van der Waals surface area contributed by atoms with Crippen LogP contribution in [0.4, 0.5) is 0 Å². The number of benzene rings is 1. The highest BCUT2D eigenvalue weighted by atomic mass is 16.4. The van der Waals surface area contributed by atoms with Gasteiger partial charge in [-0.05, 0) is 12.5 Å². The first-order valence-electron chi connectivity index (χ1n) is 10.4. The molecule has 0 aliphatic carbocycles. The maximum atomic E-state index is 13.0. The fraction of sp³-hybridized carbons (Fsp3) is 0.429. The summed E-state index contributed by atoms with van der Waals surface area (Å²) >= 11 is 0. The lowest BCUT2D eigenvalue weighted by Gasteiger charge is -2.26. The smallest absolute Gasteiger partial charge is 0.326 e. The minimum atomic E-state index is -1.82. The highest BCUT2D eigenvalue weighted by Crippen LogP contribution is 2.06. The van der Waals surface area contributed by atoms with Crippen molar-refractivity contribution in [2.75, 3.05) is 0 Å². The Morgan fingerprint density at radius 2 is 1.43 bits per heavy atom. The number of carbonyl (C=O) groups excluding carboxylic acids is 4. The molecular weight excluding hydrogens is 466 g/mol. The van der Waals surface area contributed by atoms with Crippen molar-refractivity contribution in [3.05, 3.63) is 35.9 Å². The van der Waals surface area contributed by atoms with Gasteiger partial charge in [-0.15, -0.1) is 0 Å². The van der Waals surface area contributed by atoms with Crippen LogP contribution in [0.25, 0.3) is 0 Å². The zero-order valence-electron chi connectivity index (χ0n) is 18.8. The quantitative estimate of drug-likeness (QED) is 0.128. The number of carboxylic acid groups (broad SMARTS) is 2. The van der Waals surface area contributed by atoms with Gasteiger partial charge in [0.2, 0.25) is 23.6 Å². The van der Waals surface area contributed by atoms with Gasteiger partial charge >= 0.3 is 11.9 Å². The number of nitrogens with one attached hydrogen (secondary N) is 3. The summed E-state index contributed by atoms with van der Waals surface area (Å²) in [5.41, 5.74) is 11.3. The summed E-state index contributed by atoms with van der Waals surface area (Å²) in [7, 11) is 0. The summed E-state index contributed by atoms with van der Waals surface area (Å²) in [6.07, 6.45) is -3.01. The summed E-state index contributed by atoms with van der Waals surface area (Å²) in [6.45, 7) is 1.14. The molecule has 0 bridgehead atoms. The second-order valence-electron chi connectivity index (χ2n) is 7.75. The Kier molecular flexibility index (Phi) is 11.3. The van der Waals surface area contributed by atoms with E-state index < -0.39 is 78.7 Å². The number of hydrogen-bond acceptors (Lipinski definition) is 8. The Morgan fingerprint density at radius 1 is 0.857 bits per heavy atom. The maximum absolute atomic E-state index is 13.0. The first-order chi connectivity index (χ1) is 16.3. The number of carbonyl (C=O) groups is 6. The Balaban J connectivity index is 3.08. The standard InChI is InChI=1S/C21H29N5O9/c1-10(27)17(20(33)25-14(21(34)35)9-16(29)30)26-19(32)13(7-11-5-3-2-4-6-11)24-18(31)12(22)8-15(23)28/h2-6,10,12-14,17,27H,7-9,22H2,1H3,(H2,23,28)(H,24,31)(H,25,33)(H,26,32)(H,29,30)(H,34,35). The van der Waals surface area contributed by atoms with Crippen LogP contribution in [0.5, 0.6) is 0 Å². The molecule has 0 spiro atoms. The van der Waals surface area contributed by atoms with Gasteiger partial charge in [-0.3, -0.25) is 24.0 Å². The van der Waals surface area contributed by atoms with Crippen molar-refractivity contribution in [3.63, 3.8) is 0 Å². The fourth-order valence-electron chi connectivity index (χ4n) is 2.94. The molecule has 5 atom stereocenters. The van der Waals surface area contributed by atoms with Gasteiger partial charge in [0.05, 0.1) is 25.0 Å². The van der Waals surface area contributed by atoms with E-state index in [9.17, 15) is 33.9 Å². The van der Waals surface area contributed by atoms with Crippen molar-refractivity contribution in [3.8, 4) is 0 Å². The molecule has 0 aliphatic heterocycles. The lowest BCUT2D eigenvalue weighted by atomic mass is 10.0. The number of primary amides is 1. The van der Waals surface area contributed by atoms with Crippen LogP contribution < -0.4 is 27.4 Å². The van der Waals surface area contributed by atoms with Crippen molar-refractivity contribution in [2.24, 2.45) is 11.5 Å². The van der Waals surface area contributed by atoms with E-state index in [2.05, 4.69) is 10.6 Å². The summed E-state index contributed by atoms with van der Waals surface area (Å²) in [6, 6.07) is 2.27. The van der Waals surface area contributed by atoms with Crippen LogP contribution in [0.2, 0.25) is 0 Å². The lowest BCUT2D eigenvalue weighted by Crippen LogP contribution is -2.60. The molecule has 5 unspecified atom stereocenters. The fourth-order valence-corrected chi connectivity index (χ4v) is 2.94. The number of nitrogens with two attached hydrogens (primary N) is 2. The molecule has 14 heteroatoms. The lowest BCUT2D eigenvalue weighted by molar-refractivity contribution is -0.148. The second kappa shape index (κ2) is 13.6. The molecule has 0 saturated carbocycles. The molecule has 1 aromatic rings. The molecule has 0 heterocycles. The van der Waals surface area contributed by atoms with Gasteiger partial charge < -0.3 is 42.7 Å². The topological polar surface area (TPSA) is 251 Å². The van der Waals surface area contributed by atoms with Gasteiger partial charge in [-0.1, -0.05) is 30.3 Å². The van der Waals surface area contributed by atoms with E-state index in [1.807, 2.05) is 5.32 Å². The number of aliphatic carboxylic acids is 2. The van der Waals surface area contributed by atoms with Crippen LogP contribution in [0.3, 0.4) is 0 Å². The van der Waals surface area contributed by atoms with Gasteiger partial charge in [0.1, 0.15) is 18.1 Å². The van der Waals surface area contributed by atoms with E-state index in [-0.39, 0.29) is 6.42 Å². The van der Waals surface area contributed by atoms with E-state index in [0.717, 1.165) is 6.92 Å². The average molecular weight is 495 g/mol. The third-order valence-electron chi connectivity index (χ3n) is 4.73. The number of rotatable bonds is 14. The number of hydrogen-bond donors (Lipinski definition) is 8. The van der Waals surface area contributed by atoms with Crippen molar-refractivity contribution in [1.29, 1.82) is 0 Å². The average Bonchev–Trinajstić information content (AvgIpc) is 2.75. The van der Waals surface area contributed by atoms with E-state index in [0.29, 0.717) is 5.56 Å². The predicted molar refractivity (Wildman–Crippen MR) is 119 cm³/mol. The maximum Gasteiger partial charge on any atom is 0.326 e. The van der Waals surface area contributed by atoms with Crippen LogP contribution >= 0.6 is 0 Å². The molecule has 1 aromatic carbocycles. The molecule has 1 rings (SSSR count). The molecule has 14 nitrogen and oxygen atoms in total. The Bertz CT molecular complexity index is 938.